The predicted molar refractivity (Wildman–Crippen MR) is 81.6 cm³/mol. The summed E-state index contributed by atoms with van der Waals surface area (Å²) in [6, 6.07) is 7.85. The van der Waals surface area contributed by atoms with Crippen molar-refractivity contribution in [2.24, 2.45) is 0 Å². The van der Waals surface area contributed by atoms with Crippen molar-refractivity contribution in [2.45, 2.75) is 39.2 Å². The Bertz CT molecular complexity index is 664. The number of aromatic nitrogens is 2. The summed E-state index contributed by atoms with van der Waals surface area (Å²) in [5.74, 6) is 0.400. The summed E-state index contributed by atoms with van der Waals surface area (Å²) < 4.78 is 7.45. The summed E-state index contributed by atoms with van der Waals surface area (Å²) in [6.07, 6.45) is 1.80. The normalized spacial score (nSPS) is 15.7. The van der Waals surface area contributed by atoms with E-state index in [1.807, 2.05) is 28.9 Å². The Morgan fingerprint density at radius 1 is 1.19 bits per heavy atom. The molecule has 0 saturated carbocycles. The summed E-state index contributed by atoms with van der Waals surface area (Å²) in [7, 11) is 0. The average molecular weight is 287 g/mol. The summed E-state index contributed by atoms with van der Waals surface area (Å²) in [5, 5.41) is 5.39. The van der Waals surface area contributed by atoms with Gasteiger partial charge in [-0.3, -0.25) is 4.68 Å². The summed E-state index contributed by atoms with van der Waals surface area (Å²) in [4.78, 5) is 13.9. The van der Waals surface area contributed by atoms with Crippen LogP contribution < -0.4 is 4.74 Å². The highest BCUT2D eigenvalue weighted by atomic mass is 16.6. The van der Waals surface area contributed by atoms with Gasteiger partial charge in [0.15, 0.2) is 0 Å². The van der Waals surface area contributed by atoms with E-state index in [1.54, 1.807) is 4.90 Å². The molecule has 1 saturated heterocycles. The van der Waals surface area contributed by atoms with Crippen LogP contribution in [-0.2, 0) is 5.54 Å². The maximum absolute atomic E-state index is 12.2. The van der Waals surface area contributed by atoms with Crippen LogP contribution >= 0.6 is 0 Å². The van der Waals surface area contributed by atoms with Crippen molar-refractivity contribution in [1.82, 2.24) is 14.7 Å². The van der Waals surface area contributed by atoms with Crippen molar-refractivity contribution >= 4 is 17.0 Å². The van der Waals surface area contributed by atoms with Crippen LogP contribution in [0.2, 0.25) is 0 Å². The van der Waals surface area contributed by atoms with Gasteiger partial charge in [-0.2, -0.15) is 0 Å². The molecular weight excluding hydrogens is 266 g/mol. The number of hydrogen-bond donors (Lipinski definition) is 0. The molecule has 1 amide bonds. The number of nitrogens with zero attached hydrogens (tertiary/aromatic N) is 3. The molecule has 0 bridgehead atoms. The van der Waals surface area contributed by atoms with Crippen LogP contribution in [-0.4, -0.2) is 33.9 Å². The van der Waals surface area contributed by atoms with E-state index in [1.165, 1.54) is 0 Å². The minimum absolute atomic E-state index is 0.169. The lowest BCUT2D eigenvalue weighted by molar-refractivity contribution is 0.160. The van der Waals surface area contributed by atoms with Crippen LogP contribution in [0.1, 0.15) is 33.6 Å². The van der Waals surface area contributed by atoms with Gasteiger partial charge in [0.2, 0.25) is 0 Å². The molecule has 1 fully saturated rings. The number of carbonyl (C=O) groups excluding carboxylic acids is 1. The van der Waals surface area contributed by atoms with Crippen molar-refractivity contribution in [2.75, 3.05) is 13.1 Å². The van der Waals surface area contributed by atoms with E-state index >= 15 is 0 Å². The molecule has 5 heteroatoms. The fourth-order valence-corrected chi connectivity index (χ4v) is 2.67. The molecule has 0 atom stereocenters. The van der Waals surface area contributed by atoms with Crippen molar-refractivity contribution < 1.29 is 9.53 Å². The molecule has 0 spiro atoms. The van der Waals surface area contributed by atoms with E-state index in [0.29, 0.717) is 5.88 Å². The van der Waals surface area contributed by atoms with Gasteiger partial charge in [-0.15, -0.1) is 5.10 Å². The first kappa shape index (κ1) is 13.9. The van der Waals surface area contributed by atoms with Crippen molar-refractivity contribution in [3.63, 3.8) is 0 Å². The molecule has 1 aliphatic heterocycles. The van der Waals surface area contributed by atoms with Gasteiger partial charge in [-0.25, -0.2) is 4.79 Å². The molecule has 1 aromatic carbocycles. The van der Waals surface area contributed by atoms with E-state index in [9.17, 15) is 4.79 Å². The zero-order chi connectivity index (χ0) is 15.0. The van der Waals surface area contributed by atoms with Crippen molar-refractivity contribution in [1.29, 1.82) is 0 Å². The standard InChI is InChI=1S/C16H21N3O2/c1-16(2,3)19-13-9-5-4-8-12(13)14(17-19)21-15(20)18-10-6-7-11-18/h4-5,8-9H,6-7,10-11H2,1-3H3. The monoisotopic (exact) mass is 287 g/mol. The lowest BCUT2D eigenvalue weighted by atomic mass is 10.1. The Kier molecular flexibility index (Phi) is 3.35. The fraction of sp³-hybridized carbons (Fsp3) is 0.500. The average Bonchev–Trinajstić information content (AvgIpc) is 3.06. The molecule has 1 aliphatic rings. The van der Waals surface area contributed by atoms with Gasteiger partial charge in [0.1, 0.15) is 0 Å². The molecule has 0 unspecified atom stereocenters. The second-order valence-corrected chi connectivity index (χ2v) is 6.47. The Morgan fingerprint density at radius 2 is 1.86 bits per heavy atom. The van der Waals surface area contributed by atoms with E-state index < -0.39 is 0 Å². The number of hydrogen-bond acceptors (Lipinski definition) is 3. The minimum Gasteiger partial charge on any atom is -0.389 e. The van der Waals surface area contributed by atoms with Gasteiger partial charge >= 0.3 is 6.09 Å². The third-order valence-electron chi connectivity index (χ3n) is 3.74. The second kappa shape index (κ2) is 5.06. The summed E-state index contributed by atoms with van der Waals surface area (Å²) in [5.41, 5.74) is 0.812. The SMILES string of the molecule is CC(C)(C)n1nc(OC(=O)N2CCCC2)c2ccccc21. The maximum atomic E-state index is 12.2. The number of fused-ring (bicyclic) bond motifs is 1. The van der Waals surface area contributed by atoms with Gasteiger partial charge in [0.25, 0.3) is 5.88 Å². The number of para-hydroxylation sites is 1. The van der Waals surface area contributed by atoms with Gasteiger partial charge in [0.05, 0.1) is 16.4 Å². The maximum Gasteiger partial charge on any atom is 0.416 e. The second-order valence-electron chi connectivity index (χ2n) is 6.47. The number of amides is 1. The third-order valence-corrected chi connectivity index (χ3v) is 3.74. The first-order valence-electron chi connectivity index (χ1n) is 7.42. The predicted octanol–water partition coefficient (Wildman–Crippen LogP) is 3.39. The molecular formula is C16H21N3O2. The molecule has 21 heavy (non-hydrogen) atoms. The Labute approximate surface area is 124 Å². The zero-order valence-corrected chi connectivity index (χ0v) is 12.8. The summed E-state index contributed by atoms with van der Waals surface area (Å²) >= 11 is 0. The number of likely N-dealkylation sites (tertiary alicyclic amines) is 1. The number of ether oxygens (including phenoxy) is 1. The molecule has 5 nitrogen and oxygen atoms in total. The first-order valence-corrected chi connectivity index (χ1v) is 7.42. The van der Waals surface area contributed by atoms with E-state index in [-0.39, 0.29) is 11.6 Å². The van der Waals surface area contributed by atoms with Crippen LogP contribution in [0.4, 0.5) is 4.79 Å². The first-order chi connectivity index (χ1) is 9.97. The van der Waals surface area contributed by atoms with Crippen LogP contribution in [0.3, 0.4) is 0 Å². The van der Waals surface area contributed by atoms with Crippen LogP contribution in [0, 0.1) is 0 Å². The van der Waals surface area contributed by atoms with Crippen LogP contribution in [0.15, 0.2) is 24.3 Å². The van der Waals surface area contributed by atoms with Crippen LogP contribution in [0.5, 0.6) is 5.88 Å². The smallest absolute Gasteiger partial charge is 0.389 e. The molecule has 3 rings (SSSR count). The van der Waals surface area contributed by atoms with Crippen molar-refractivity contribution in [3.8, 4) is 5.88 Å². The summed E-state index contributed by atoms with van der Waals surface area (Å²) in [6.45, 7) is 7.79. The van der Waals surface area contributed by atoms with E-state index in [4.69, 9.17) is 4.74 Å². The topological polar surface area (TPSA) is 47.4 Å². The highest BCUT2D eigenvalue weighted by Gasteiger charge is 2.25. The fourth-order valence-electron chi connectivity index (χ4n) is 2.67. The molecule has 0 radical (unpaired) electrons. The van der Waals surface area contributed by atoms with Gasteiger partial charge in [-0.05, 0) is 45.7 Å². The van der Waals surface area contributed by atoms with Gasteiger partial charge in [-0.1, -0.05) is 12.1 Å². The molecule has 0 aliphatic carbocycles. The quantitative estimate of drug-likeness (QED) is 0.807. The van der Waals surface area contributed by atoms with Crippen LogP contribution in [0.25, 0.3) is 10.9 Å². The van der Waals surface area contributed by atoms with E-state index in [0.717, 1.165) is 36.8 Å². The Hall–Kier alpha value is -2.04. The Morgan fingerprint density at radius 3 is 2.52 bits per heavy atom. The number of carbonyl (C=O) groups is 1. The Balaban J connectivity index is 1.97. The lowest BCUT2D eigenvalue weighted by Crippen LogP contribution is -2.31. The number of rotatable bonds is 1. The molecule has 2 aromatic rings. The van der Waals surface area contributed by atoms with Gasteiger partial charge in [0, 0.05) is 13.1 Å². The van der Waals surface area contributed by atoms with Gasteiger partial charge < -0.3 is 9.64 Å². The molecule has 1 aromatic heterocycles. The molecule has 2 heterocycles. The van der Waals surface area contributed by atoms with Crippen molar-refractivity contribution in [3.05, 3.63) is 24.3 Å². The lowest BCUT2D eigenvalue weighted by Gasteiger charge is -2.20. The zero-order valence-electron chi connectivity index (χ0n) is 12.8. The third kappa shape index (κ3) is 2.60. The largest absolute Gasteiger partial charge is 0.416 e. The molecule has 0 N–H and O–H groups in total. The number of benzene rings is 1. The highest BCUT2D eigenvalue weighted by Crippen LogP contribution is 2.29. The highest BCUT2D eigenvalue weighted by molar-refractivity contribution is 5.87. The minimum atomic E-state index is -0.295. The molecule has 112 valence electrons. The van der Waals surface area contributed by atoms with E-state index in [2.05, 4.69) is 25.9 Å².